The highest BCUT2D eigenvalue weighted by Crippen LogP contribution is 2.41. The Morgan fingerprint density at radius 2 is 1.90 bits per heavy atom. The molecule has 1 aliphatic heterocycles. The topological polar surface area (TPSA) is 114 Å². The summed E-state index contributed by atoms with van der Waals surface area (Å²) < 4.78 is 0. The predicted octanol–water partition coefficient (Wildman–Crippen LogP) is 3.67. The van der Waals surface area contributed by atoms with Crippen molar-refractivity contribution in [3.05, 3.63) is 98.0 Å². The van der Waals surface area contributed by atoms with Gasteiger partial charge in [0.15, 0.2) is 0 Å². The van der Waals surface area contributed by atoms with E-state index in [1.807, 2.05) is 5.38 Å². The van der Waals surface area contributed by atoms with Crippen molar-refractivity contribution in [3.63, 3.8) is 0 Å². The molecule has 9 heteroatoms. The number of hydrogen-bond donors (Lipinski definition) is 1. The third-order valence-corrected chi connectivity index (χ3v) is 5.69. The summed E-state index contributed by atoms with van der Waals surface area (Å²) in [6.07, 6.45) is 1.60. The van der Waals surface area contributed by atoms with Crippen LogP contribution in [0, 0.1) is 10.1 Å². The molecule has 3 heterocycles. The minimum Gasteiger partial charge on any atom is -0.507 e. The molecule has 1 fully saturated rings. The second kappa shape index (κ2) is 7.88. The first kappa shape index (κ1) is 19.5. The van der Waals surface area contributed by atoms with Crippen molar-refractivity contribution < 1.29 is 19.6 Å². The van der Waals surface area contributed by atoms with Crippen LogP contribution in [0.15, 0.2) is 71.7 Å². The SMILES string of the molecule is O=C1C(=O)N(Cc2ccccn2)C(c2cccs2)/C1=C(/O)c1ccc([N+](=O)[O-])cc1. The Morgan fingerprint density at radius 1 is 1.13 bits per heavy atom. The number of amides is 1. The normalized spacial score (nSPS) is 18.0. The molecule has 1 unspecified atom stereocenters. The molecule has 150 valence electrons. The fourth-order valence-electron chi connectivity index (χ4n) is 3.35. The lowest BCUT2D eigenvalue weighted by Gasteiger charge is -2.23. The number of Topliss-reactive ketones (excluding diaryl/α,β-unsaturated/α-hetero) is 1. The molecule has 0 saturated carbocycles. The van der Waals surface area contributed by atoms with E-state index in [0.717, 1.165) is 0 Å². The van der Waals surface area contributed by atoms with E-state index in [-0.39, 0.29) is 29.1 Å². The van der Waals surface area contributed by atoms with E-state index < -0.39 is 22.7 Å². The van der Waals surface area contributed by atoms with Crippen LogP contribution in [0.2, 0.25) is 0 Å². The summed E-state index contributed by atoms with van der Waals surface area (Å²) in [5.74, 6) is -1.91. The summed E-state index contributed by atoms with van der Waals surface area (Å²) in [5, 5.41) is 23.6. The summed E-state index contributed by atoms with van der Waals surface area (Å²) in [7, 11) is 0. The summed E-state index contributed by atoms with van der Waals surface area (Å²) in [4.78, 5) is 42.3. The van der Waals surface area contributed by atoms with Gasteiger partial charge < -0.3 is 10.0 Å². The number of aliphatic hydroxyl groups excluding tert-OH is 1. The van der Waals surface area contributed by atoms with Gasteiger partial charge in [-0.1, -0.05) is 12.1 Å². The number of nitro benzene ring substituents is 1. The minimum absolute atomic E-state index is 0.0489. The standard InChI is InChI=1S/C21H15N3O5S/c25-19(13-6-8-15(9-7-13)24(28)29)17-18(16-5-3-11-30-16)23(21(27)20(17)26)12-14-4-1-2-10-22-14/h1-11,18,25H,12H2/b19-17-. The molecule has 1 aliphatic rings. The number of nitro groups is 1. The van der Waals surface area contributed by atoms with Gasteiger partial charge in [-0.15, -0.1) is 11.3 Å². The maximum absolute atomic E-state index is 12.9. The first-order valence-corrected chi connectivity index (χ1v) is 9.82. The molecule has 1 saturated heterocycles. The molecule has 0 aliphatic carbocycles. The largest absolute Gasteiger partial charge is 0.507 e. The highest BCUT2D eigenvalue weighted by Gasteiger charge is 2.46. The second-order valence-corrected chi connectivity index (χ2v) is 7.55. The van der Waals surface area contributed by atoms with Crippen molar-refractivity contribution in [1.29, 1.82) is 0 Å². The summed E-state index contributed by atoms with van der Waals surface area (Å²) >= 11 is 1.36. The molecule has 1 amide bonds. The van der Waals surface area contributed by atoms with Gasteiger partial charge in [-0.05, 0) is 35.7 Å². The molecule has 3 aromatic rings. The number of benzene rings is 1. The molecule has 0 bridgehead atoms. The first-order valence-electron chi connectivity index (χ1n) is 8.94. The van der Waals surface area contributed by atoms with Crippen molar-refractivity contribution >= 4 is 34.5 Å². The van der Waals surface area contributed by atoms with E-state index >= 15 is 0 Å². The number of nitrogens with zero attached hydrogens (tertiary/aromatic N) is 3. The zero-order chi connectivity index (χ0) is 21.3. The Bertz CT molecular complexity index is 1140. The zero-order valence-corrected chi connectivity index (χ0v) is 16.3. The van der Waals surface area contributed by atoms with Crippen LogP contribution in [0.3, 0.4) is 0 Å². The third-order valence-electron chi connectivity index (χ3n) is 4.76. The number of rotatable bonds is 5. The number of carbonyl (C=O) groups excluding carboxylic acids is 2. The van der Waals surface area contributed by atoms with E-state index in [9.17, 15) is 24.8 Å². The highest BCUT2D eigenvalue weighted by atomic mass is 32.1. The lowest BCUT2D eigenvalue weighted by atomic mass is 9.99. The number of likely N-dealkylation sites (tertiary alicyclic amines) is 1. The molecule has 1 aromatic carbocycles. The van der Waals surface area contributed by atoms with Crippen LogP contribution >= 0.6 is 11.3 Å². The molecule has 0 radical (unpaired) electrons. The minimum atomic E-state index is -0.805. The Hall–Kier alpha value is -3.85. The quantitative estimate of drug-likeness (QED) is 0.221. The van der Waals surface area contributed by atoms with Crippen molar-refractivity contribution in [1.82, 2.24) is 9.88 Å². The van der Waals surface area contributed by atoms with Crippen molar-refractivity contribution in [2.75, 3.05) is 0 Å². The Labute approximate surface area is 174 Å². The van der Waals surface area contributed by atoms with Gasteiger partial charge in [-0.3, -0.25) is 24.7 Å². The Morgan fingerprint density at radius 3 is 2.50 bits per heavy atom. The predicted molar refractivity (Wildman–Crippen MR) is 109 cm³/mol. The monoisotopic (exact) mass is 421 g/mol. The molecule has 2 aromatic heterocycles. The molecule has 0 spiro atoms. The van der Waals surface area contributed by atoms with Gasteiger partial charge in [0.2, 0.25) is 0 Å². The number of thiophene rings is 1. The number of aliphatic hydroxyl groups is 1. The number of pyridine rings is 1. The van der Waals surface area contributed by atoms with E-state index in [1.54, 1.807) is 36.5 Å². The summed E-state index contributed by atoms with van der Waals surface area (Å²) in [5.41, 5.74) is 0.637. The third kappa shape index (κ3) is 3.46. The number of aromatic nitrogens is 1. The lowest BCUT2D eigenvalue weighted by molar-refractivity contribution is -0.384. The van der Waals surface area contributed by atoms with Gasteiger partial charge in [0.05, 0.1) is 22.7 Å². The maximum Gasteiger partial charge on any atom is 0.296 e. The fraction of sp³-hybridized carbons (Fsp3) is 0.0952. The fourth-order valence-corrected chi connectivity index (χ4v) is 4.19. The Kier molecular flexibility index (Phi) is 5.11. The highest BCUT2D eigenvalue weighted by molar-refractivity contribution is 7.10. The van der Waals surface area contributed by atoms with Crippen LogP contribution in [0.1, 0.15) is 22.2 Å². The van der Waals surface area contributed by atoms with Crippen molar-refractivity contribution in [3.8, 4) is 0 Å². The zero-order valence-electron chi connectivity index (χ0n) is 15.5. The molecular weight excluding hydrogens is 406 g/mol. The van der Waals surface area contributed by atoms with E-state index in [2.05, 4.69) is 4.98 Å². The van der Waals surface area contributed by atoms with Gasteiger partial charge in [0.1, 0.15) is 11.8 Å². The average Bonchev–Trinajstić information content (AvgIpc) is 3.37. The number of non-ortho nitro benzene ring substituents is 1. The first-order chi connectivity index (χ1) is 14.5. The molecular formula is C21H15N3O5S. The lowest BCUT2D eigenvalue weighted by Crippen LogP contribution is -2.29. The molecule has 8 nitrogen and oxygen atoms in total. The van der Waals surface area contributed by atoms with Gasteiger partial charge in [-0.25, -0.2) is 0 Å². The van der Waals surface area contributed by atoms with E-state index in [0.29, 0.717) is 10.6 Å². The number of carbonyl (C=O) groups is 2. The van der Waals surface area contributed by atoms with Crippen LogP contribution in [0.25, 0.3) is 5.76 Å². The van der Waals surface area contributed by atoms with Gasteiger partial charge >= 0.3 is 0 Å². The number of hydrogen-bond acceptors (Lipinski definition) is 7. The van der Waals surface area contributed by atoms with Crippen LogP contribution in [0.4, 0.5) is 5.69 Å². The smallest absolute Gasteiger partial charge is 0.296 e. The van der Waals surface area contributed by atoms with E-state index in [4.69, 9.17) is 0 Å². The van der Waals surface area contributed by atoms with Crippen LogP contribution in [-0.2, 0) is 16.1 Å². The van der Waals surface area contributed by atoms with Gasteiger partial charge in [0, 0.05) is 28.8 Å². The van der Waals surface area contributed by atoms with Crippen LogP contribution in [0.5, 0.6) is 0 Å². The van der Waals surface area contributed by atoms with Gasteiger partial charge in [0.25, 0.3) is 17.4 Å². The van der Waals surface area contributed by atoms with Crippen molar-refractivity contribution in [2.45, 2.75) is 12.6 Å². The van der Waals surface area contributed by atoms with Crippen LogP contribution in [-0.4, -0.2) is 31.6 Å². The second-order valence-electron chi connectivity index (χ2n) is 6.57. The number of ketones is 1. The molecule has 4 rings (SSSR count). The maximum atomic E-state index is 12.9. The summed E-state index contributed by atoms with van der Waals surface area (Å²) in [6, 6.07) is 13.3. The summed E-state index contributed by atoms with van der Waals surface area (Å²) in [6.45, 7) is 0.102. The molecule has 1 N–H and O–H groups in total. The van der Waals surface area contributed by atoms with Gasteiger partial charge in [-0.2, -0.15) is 0 Å². The Balaban J connectivity index is 1.80. The van der Waals surface area contributed by atoms with Crippen molar-refractivity contribution in [2.24, 2.45) is 0 Å². The average molecular weight is 421 g/mol. The van der Waals surface area contributed by atoms with Crippen LogP contribution < -0.4 is 0 Å². The molecule has 1 atom stereocenters. The van der Waals surface area contributed by atoms with E-state index in [1.165, 1.54) is 40.5 Å². The molecule has 30 heavy (non-hydrogen) atoms.